The number of hydrogen-bond acceptors (Lipinski definition) is 4. The normalized spacial score (nSPS) is 15.6. The van der Waals surface area contributed by atoms with E-state index in [2.05, 4.69) is 5.32 Å². The van der Waals surface area contributed by atoms with Crippen molar-refractivity contribution in [1.29, 1.82) is 0 Å². The Morgan fingerprint density at radius 1 is 1.42 bits per heavy atom. The minimum absolute atomic E-state index is 0.0825. The number of carbonyl (C=O) groups is 1. The van der Waals surface area contributed by atoms with Crippen molar-refractivity contribution < 1.29 is 14.6 Å². The van der Waals surface area contributed by atoms with Crippen LogP contribution in [-0.4, -0.2) is 31.3 Å². The van der Waals surface area contributed by atoms with E-state index in [0.29, 0.717) is 6.54 Å². The highest BCUT2D eigenvalue weighted by molar-refractivity contribution is 5.77. The van der Waals surface area contributed by atoms with Gasteiger partial charge in [-0.15, -0.1) is 0 Å². The van der Waals surface area contributed by atoms with Gasteiger partial charge in [-0.25, -0.2) is 4.79 Å². The van der Waals surface area contributed by atoms with E-state index in [1.54, 1.807) is 0 Å². The third-order valence-corrected chi connectivity index (χ3v) is 3.54. The Balaban J connectivity index is 2.80. The fourth-order valence-electron chi connectivity index (χ4n) is 1.74. The molecule has 0 saturated carbocycles. The fourth-order valence-corrected chi connectivity index (χ4v) is 1.74. The Bertz CT molecular complexity index is 388. The second-order valence-corrected chi connectivity index (χ2v) is 5.07. The molecule has 2 N–H and O–H groups in total. The number of rotatable bonds is 7. The molecule has 0 radical (unpaired) electrons. The minimum Gasteiger partial charge on any atom is -0.468 e. The summed E-state index contributed by atoms with van der Waals surface area (Å²) in [6.07, 6.45) is 0.833. The van der Waals surface area contributed by atoms with E-state index in [1.165, 1.54) is 7.11 Å². The van der Waals surface area contributed by atoms with Crippen molar-refractivity contribution in [3.8, 4) is 0 Å². The average Bonchev–Trinajstić information content (AvgIpc) is 2.48. The molecule has 0 aliphatic carbocycles. The largest absolute Gasteiger partial charge is 0.468 e. The minimum atomic E-state index is -0.497. The van der Waals surface area contributed by atoms with Crippen LogP contribution in [0, 0.1) is 5.41 Å². The molecule has 1 aromatic carbocycles. The van der Waals surface area contributed by atoms with Gasteiger partial charge in [0.2, 0.25) is 0 Å². The lowest BCUT2D eigenvalue weighted by atomic mass is 9.88. The first-order valence-corrected chi connectivity index (χ1v) is 6.53. The molecule has 0 amide bonds. The van der Waals surface area contributed by atoms with Crippen molar-refractivity contribution in [2.45, 2.75) is 26.3 Å². The van der Waals surface area contributed by atoms with E-state index in [0.717, 1.165) is 12.0 Å². The van der Waals surface area contributed by atoms with E-state index >= 15 is 0 Å². The summed E-state index contributed by atoms with van der Waals surface area (Å²) in [6.45, 7) is 4.64. The number of aliphatic hydroxyl groups excluding tert-OH is 1. The average molecular weight is 265 g/mol. The monoisotopic (exact) mass is 265 g/mol. The van der Waals surface area contributed by atoms with Gasteiger partial charge in [0, 0.05) is 18.6 Å². The quantitative estimate of drug-likeness (QED) is 0.739. The van der Waals surface area contributed by atoms with Crippen LogP contribution in [0.4, 0.5) is 0 Å². The summed E-state index contributed by atoms with van der Waals surface area (Å²) in [4.78, 5) is 11.9. The lowest BCUT2D eigenvalue weighted by Gasteiger charge is -2.28. The van der Waals surface area contributed by atoms with Gasteiger partial charge in [-0.3, -0.25) is 0 Å². The van der Waals surface area contributed by atoms with Crippen molar-refractivity contribution in [2.24, 2.45) is 5.41 Å². The van der Waals surface area contributed by atoms with Crippen LogP contribution in [0.1, 0.15) is 31.9 Å². The van der Waals surface area contributed by atoms with Gasteiger partial charge in [-0.1, -0.05) is 44.2 Å². The zero-order chi connectivity index (χ0) is 14.3. The summed E-state index contributed by atoms with van der Waals surface area (Å²) in [5, 5.41) is 12.6. The summed E-state index contributed by atoms with van der Waals surface area (Å²) in [5.41, 5.74) is 0.631. The molecule has 2 atom stereocenters. The number of aliphatic hydroxyl groups is 1. The zero-order valence-corrected chi connectivity index (χ0v) is 11.8. The highest BCUT2D eigenvalue weighted by Gasteiger charge is 2.26. The molecule has 2 unspecified atom stereocenters. The van der Waals surface area contributed by atoms with Crippen molar-refractivity contribution in [3.05, 3.63) is 35.9 Å². The van der Waals surface area contributed by atoms with Crippen LogP contribution in [0.3, 0.4) is 0 Å². The Hall–Kier alpha value is -1.39. The van der Waals surface area contributed by atoms with Crippen molar-refractivity contribution in [1.82, 2.24) is 5.32 Å². The van der Waals surface area contributed by atoms with Crippen LogP contribution in [0.25, 0.3) is 0 Å². The summed E-state index contributed by atoms with van der Waals surface area (Å²) in [7, 11) is 1.38. The highest BCUT2D eigenvalue weighted by atomic mass is 16.5. The zero-order valence-electron chi connectivity index (χ0n) is 11.8. The van der Waals surface area contributed by atoms with Crippen LogP contribution in [0.5, 0.6) is 0 Å². The molecule has 0 aliphatic heterocycles. The molecule has 0 aliphatic rings. The second-order valence-electron chi connectivity index (χ2n) is 5.07. The molecule has 0 fully saturated rings. The van der Waals surface area contributed by atoms with Gasteiger partial charge in [0.05, 0.1) is 7.11 Å². The van der Waals surface area contributed by atoms with Gasteiger partial charge >= 0.3 is 5.97 Å². The van der Waals surface area contributed by atoms with Gasteiger partial charge in [-0.2, -0.15) is 0 Å². The van der Waals surface area contributed by atoms with E-state index in [1.807, 2.05) is 44.2 Å². The molecule has 19 heavy (non-hydrogen) atoms. The maximum atomic E-state index is 11.9. The molecule has 0 aromatic heterocycles. The number of benzene rings is 1. The van der Waals surface area contributed by atoms with Gasteiger partial charge < -0.3 is 15.2 Å². The number of carbonyl (C=O) groups excluding carboxylic acids is 1. The standard InChI is InChI=1S/C15H23NO3/c1-4-15(2,11-17)10-16-13(14(18)19-3)12-8-6-5-7-9-12/h5-9,13,16-17H,4,10-11H2,1-3H3. The smallest absolute Gasteiger partial charge is 0.327 e. The molecule has 4 nitrogen and oxygen atoms in total. The molecule has 0 heterocycles. The first kappa shape index (κ1) is 15.7. The SMILES string of the molecule is CCC(C)(CO)CNC(C(=O)OC)c1ccccc1. The Labute approximate surface area is 114 Å². The molecule has 0 bridgehead atoms. The summed E-state index contributed by atoms with van der Waals surface area (Å²) in [5.74, 6) is -0.317. The number of methoxy groups -OCH3 is 1. The second kappa shape index (κ2) is 7.26. The van der Waals surface area contributed by atoms with E-state index in [-0.39, 0.29) is 18.0 Å². The fraction of sp³-hybridized carbons (Fsp3) is 0.533. The molecule has 106 valence electrons. The molecule has 0 spiro atoms. The van der Waals surface area contributed by atoms with Gasteiger partial charge in [0.25, 0.3) is 0 Å². The molecular weight excluding hydrogens is 242 g/mol. The topological polar surface area (TPSA) is 58.6 Å². The third-order valence-electron chi connectivity index (χ3n) is 3.54. The van der Waals surface area contributed by atoms with Crippen LogP contribution in [0.2, 0.25) is 0 Å². The van der Waals surface area contributed by atoms with Gasteiger partial charge in [0.1, 0.15) is 6.04 Å². The molecule has 1 rings (SSSR count). The Kier molecular flexibility index (Phi) is 5.99. The van der Waals surface area contributed by atoms with Crippen LogP contribution in [-0.2, 0) is 9.53 Å². The number of ether oxygens (including phenoxy) is 1. The van der Waals surface area contributed by atoms with Crippen LogP contribution < -0.4 is 5.32 Å². The number of esters is 1. The van der Waals surface area contributed by atoms with Gasteiger partial charge in [0.15, 0.2) is 0 Å². The summed E-state index contributed by atoms with van der Waals surface area (Å²) < 4.78 is 4.84. The lowest BCUT2D eigenvalue weighted by Crippen LogP contribution is -2.39. The van der Waals surface area contributed by atoms with Crippen molar-refractivity contribution >= 4 is 5.97 Å². The van der Waals surface area contributed by atoms with E-state index in [4.69, 9.17) is 4.74 Å². The maximum absolute atomic E-state index is 11.9. The molecule has 4 heteroatoms. The van der Waals surface area contributed by atoms with E-state index in [9.17, 15) is 9.90 Å². The van der Waals surface area contributed by atoms with Crippen LogP contribution in [0.15, 0.2) is 30.3 Å². The summed E-state index contributed by atoms with van der Waals surface area (Å²) >= 11 is 0. The number of nitrogens with one attached hydrogen (secondary N) is 1. The summed E-state index contributed by atoms with van der Waals surface area (Å²) in [6, 6.07) is 8.95. The third kappa shape index (κ3) is 4.33. The first-order chi connectivity index (χ1) is 9.06. The van der Waals surface area contributed by atoms with E-state index < -0.39 is 6.04 Å². The van der Waals surface area contributed by atoms with Gasteiger partial charge in [-0.05, 0) is 12.0 Å². The Morgan fingerprint density at radius 3 is 2.53 bits per heavy atom. The molecular formula is C15H23NO3. The maximum Gasteiger partial charge on any atom is 0.327 e. The highest BCUT2D eigenvalue weighted by Crippen LogP contribution is 2.21. The molecule has 1 aromatic rings. The Morgan fingerprint density at radius 2 is 2.05 bits per heavy atom. The van der Waals surface area contributed by atoms with Crippen molar-refractivity contribution in [3.63, 3.8) is 0 Å². The van der Waals surface area contributed by atoms with Crippen molar-refractivity contribution in [2.75, 3.05) is 20.3 Å². The van der Waals surface area contributed by atoms with Crippen LogP contribution >= 0.6 is 0 Å². The molecule has 0 saturated heterocycles. The number of hydrogen-bond donors (Lipinski definition) is 2. The predicted octanol–water partition coefficient (Wildman–Crippen LogP) is 1.90. The first-order valence-electron chi connectivity index (χ1n) is 6.53. The predicted molar refractivity (Wildman–Crippen MR) is 74.7 cm³/mol. The lowest BCUT2D eigenvalue weighted by molar-refractivity contribution is -0.143.